The van der Waals surface area contributed by atoms with Crippen LogP contribution >= 0.6 is 0 Å². The minimum absolute atomic E-state index is 0.168. The molecule has 0 radical (unpaired) electrons. The van der Waals surface area contributed by atoms with E-state index in [1.807, 2.05) is 26.0 Å². The molecule has 0 aliphatic carbocycles. The highest BCUT2D eigenvalue weighted by atomic mass is 16.2. The highest BCUT2D eigenvalue weighted by Gasteiger charge is 2.14. The summed E-state index contributed by atoms with van der Waals surface area (Å²) in [5.41, 5.74) is 4.23. The smallest absolute Gasteiger partial charge is 0.255 e. The van der Waals surface area contributed by atoms with Crippen molar-refractivity contribution in [2.24, 2.45) is 0 Å². The molecule has 2 aromatic carbocycles. The maximum absolute atomic E-state index is 12.4. The van der Waals surface area contributed by atoms with Crippen LogP contribution in [0.3, 0.4) is 0 Å². The Bertz CT molecular complexity index is 912. The Kier molecular flexibility index (Phi) is 5.12. The summed E-state index contributed by atoms with van der Waals surface area (Å²) in [6.45, 7) is 3.75. The standard InChI is InChI=1S/C20H20N4O2/c1-13-16(14(2)24-23-13)12-19(25)21-17-10-6-7-11-18(17)22-20(26)15-8-4-3-5-9-15/h3-11H,12H2,1-2H3,(H,21,25)(H,22,26)(H,23,24). The number of aromatic nitrogens is 2. The zero-order valence-corrected chi connectivity index (χ0v) is 14.7. The van der Waals surface area contributed by atoms with Crippen molar-refractivity contribution in [1.29, 1.82) is 0 Å². The number of nitrogens with one attached hydrogen (secondary N) is 3. The number of aryl methyl sites for hydroxylation is 2. The van der Waals surface area contributed by atoms with Gasteiger partial charge in [0.05, 0.1) is 23.5 Å². The number of hydrogen-bond donors (Lipinski definition) is 3. The molecule has 3 rings (SSSR count). The average Bonchev–Trinajstić information content (AvgIpc) is 2.96. The van der Waals surface area contributed by atoms with Crippen LogP contribution in [-0.2, 0) is 11.2 Å². The number of benzene rings is 2. The van der Waals surface area contributed by atoms with Crippen LogP contribution in [0.5, 0.6) is 0 Å². The lowest BCUT2D eigenvalue weighted by Crippen LogP contribution is -2.18. The number of hydrogen-bond acceptors (Lipinski definition) is 3. The van der Waals surface area contributed by atoms with E-state index in [0.29, 0.717) is 16.9 Å². The summed E-state index contributed by atoms with van der Waals surface area (Å²) >= 11 is 0. The number of carbonyl (C=O) groups is 2. The fourth-order valence-electron chi connectivity index (χ4n) is 2.67. The lowest BCUT2D eigenvalue weighted by Gasteiger charge is -2.12. The van der Waals surface area contributed by atoms with Gasteiger partial charge in [0.15, 0.2) is 0 Å². The quantitative estimate of drug-likeness (QED) is 0.660. The molecule has 1 aromatic heterocycles. The Morgan fingerprint density at radius 3 is 2.15 bits per heavy atom. The fourth-order valence-corrected chi connectivity index (χ4v) is 2.67. The molecule has 0 saturated carbocycles. The van der Waals surface area contributed by atoms with E-state index >= 15 is 0 Å². The molecule has 2 amide bonds. The van der Waals surface area contributed by atoms with Crippen LogP contribution in [0.1, 0.15) is 27.3 Å². The van der Waals surface area contributed by atoms with Gasteiger partial charge in [-0.05, 0) is 38.1 Å². The van der Waals surface area contributed by atoms with Crippen LogP contribution in [-0.4, -0.2) is 22.0 Å². The van der Waals surface area contributed by atoms with Crippen molar-refractivity contribution < 1.29 is 9.59 Å². The fraction of sp³-hybridized carbons (Fsp3) is 0.150. The van der Waals surface area contributed by atoms with Gasteiger partial charge < -0.3 is 10.6 Å². The highest BCUT2D eigenvalue weighted by molar-refractivity contribution is 6.07. The van der Waals surface area contributed by atoms with Crippen LogP contribution in [0.4, 0.5) is 11.4 Å². The van der Waals surface area contributed by atoms with Gasteiger partial charge in [-0.2, -0.15) is 5.10 Å². The maximum Gasteiger partial charge on any atom is 0.255 e. The normalized spacial score (nSPS) is 10.4. The van der Waals surface area contributed by atoms with Gasteiger partial charge in [0, 0.05) is 16.8 Å². The zero-order valence-electron chi connectivity index (χ0n) is 14.7. The van der Waals surface area contributed by atoms with Gasteiger partial charge in [0.2, 0.25) is 5.91 Å². The molecule has 0 spiro atoms. The van der Waals surface area contributed by atoms with Gasteiger partial charge in [0.25, 0.3) is 5.91 Å². The molecule has 0 aliphatic heterocycles. The van der Waals surface area contributed by atoms with Crippen LogP contribution in [0.2, 0.25) is 0 Å². The summed E-state index contributed by atoms with van der Waals surface area (Å²) in [4.78, 5) is 24.8. The third-order valence-corrected chi connectivity index (χ3v) is 4.10. The molecule has 0 bridgehead atoms. The highest BCUT2D eigenvalue weighted by Crippen LogP contribution is 2.22. The Balaban J connectivity index is 1.73. The van der Waals surface area contributed by atoms with Crippen molar-refractivity contribution in [2.45, 2.75) is 20.3 Å². The molecule has 6 nitrogen and oxygen atoms in total. The van der Waals surface area contributed by atoms with E-state index in [1.54, 1.807) is 42.5 Å². The third-order valence-electron chi connectivity index (χ3n) is 4.10. The zero-order chi connectivity index (χ0) is 18.5. The molecule has 0 fully saturated rings. The first kappa shape index (κ1) is 17.4. The number of H-pyrrole nitrogens is 1. The van der Waals surface area contributed by atoms with Gasteiger partial charge in [-0.1, -0.05) is 30.3 Å². The van der Waals surface area contributed by atoms with E-state index in [0.717, 1.165) is 17.0 Å². The van der Waals surface area contributed by atoms with E-state index in [-0.39, 0.29) is 18.2 Å². The predicted molar refractivity (Wildman–Crippen MR) is 101 cm³/mol. The van der Waals surface area contributed by atoms with Crippen molar-refractivity contribution in [3.05, 3.63) is 77.1 Å². The van der Waals surface area contributed by atoms with Gasteiger partial charge in [-0.25, -0.2) is 0 Å². The molecule has 3 N–H and O–H groups in total. The van der Waals surface area contributed by atoms with E-state index in [4.69, 9.17) is 0 Å². The molecule has 26 heavy (non-hydrogen) atoms. The lowest BCUT2D eigenvalue weighted by atomic mass is 10.1. The van der Waals surface area contributed by atoms with Crippen molar-refractivity contribution in [2.75, 3.05) is 10.6 Å². The molecule has 0 unspecified atom stereocenters. The Morgan fingerprint density at radius 2 is 1.54 bits per heavy atom. The van der Waals surface area contributed by atoms with Crippen LogP contribution < -0.4 is 10.6 Å². The second-order valence-corrected chi connectivity index (χ2v) is 6.00. The summed E-state index contributed by atoms with van der Waals surface area (Å²) in [5, 5.41) is 12.7. The number of carbonyl (C=O) groups excluding carboxylic acids is 2. The molecule has 132 valence electrons. The number of rotatable bonds is 5. The summed E-state index contributed by atoms with van der Waals surface area (Å²) in [6.07, 6.45) is 0.217. The second-order valence-electron chi connectivity index (χ2n) is 6.00. The van der Waals surface area contributed by atoms with Crippen LogP contribution in [0.25, 0.3) is 0 Å². The predicted octanol–water partition coefficient (Wildman–Crippen LogP) is 3.46. The lowest BCUT2D eigenvalue weighted by molar-refractivity contribution is -0.115. The topological polar surface area (TPSA) is 86.9 Å². The van der Waals surface area contributed by atoms with Gasteiger partial charge in [0.1, 0.15) is 0 Å². The first-order valence-corrected chi connectivity index (χ1v) is 8.30. The molecule has 0 aliphatic rings. The summed E-state index contributed by atoms with van der Waals surface area (Å²) in [7, 11) is 0. The maximum atomic E-state index is 12.4. The summed E-state index contributed by atoms with van der Waals surface area (Å²) in [6, 6.07) is 16.1. The molecule has 3 aromatic rings. The van der Waals surface area contributed by atoms with Gasteiger partial charge >= 0.3 is 0 Å². The van der Waals surface area contributed by atoms with E-state index in [1.165, 1.54) is 0 Å². The van der Waals surface area contributed by atoms with Gasteiger partial charge in [-0.3, -0.25) is 14.7 Å². The molecule has 0 atom stereocenters. The largest absolute Gasteiger partial charge is 0.324 e. The molecule has 1 heterocycles. The SMILES string of the molecule is Cc1n[nH]c(C)c1CC(=O)Nc1ccccc1NC(=O)c1ccccc1. The molecule has 6 heteroatoms. The van der Waals surface area contributed by atoms with Crippen molar-refractivity contribution >= 4 is 23.2 Å². The number of amides is 2. The van der Waals surface area contributed by atoms with Crippen LogP contribution in [0.15, 0.2) is 54.6 Å². The van der Waals surface area contributed by atoms with Crippen molar-refractivity contribution in [3.8, 4) is 0 Å². The van der Waals surface area contributed by atoms with E-state index in [9.17, 15) is 9.59 Å². The summed E-state index contributed by atoms with van der Waals surface area (Å²) in [5.74, 6) is -0.396. The first-order valence-electron chi connectivity index (χ1n) is 8.30. The van der Waals surface area contributed by atoms with E-state index in [2.05, 4.69) is 20.8 Å². The minimum Gasteiger partial charge on any atom is -0.324 e. The van der Waals surface area contributed by atoms with Crippen molar-refractivity contribution in [1.82, 2.24) is 10.2 Å². The average molecular weight is 348 g/mol. The third kappa shape index (κ3) is 3.97. The molecular weight excluding hydrogens is 328 g/mol. The minimum atomic E-state index is -0.228. The first-order chi connectivity index (χ1) is 12.5. The monoisotopic (exact) mass is 348 g/mol. The molecular formula is C20H20N4O2. The molecule has 0 saturated heterocycles. The number of aromatic amines is 1. The van der Waals surface area contributed by atoms with Crippen LogP contribution in [0, 0.1) is 13.8 Å². The van der Waals surface area contributed by atoms with E-state index < -0.39 is 0 Å². The van der Waals surface area contributed by atoms with Crippen molar-refractivity contribution in [3.63, 3.8) is 0 Å². The summed E-state index contributed by atoms with van der Waals surface area (Å²) < 4.78 is 0. The Morgan fingerprint density at radius 1 is 0.923 bits per heavy atom. The Hall–Kier alpha value is -3.41. The number of nitrogens with zero attached hydrogens (tertiary/aromatic N) is 1. The second kappa shape index (κ2) is 7.65. The number of para-hydroxylation sites is 2. The number of anilines is 2. The Labute approximate surface area is 151 Å². The van der Waals surface area contributed by atoms with Gasteiger partial charge in [-0.15, -0.1) is 0 Å².